The Morgan fingerprint density at radius 3 is 2.03 bits per heavy atom. The summed E-state index contributed by atoms with van der Waals surface area (Å²) in [6, 6.07) is 18.5. The van der Waals surface area contributed by atoms with E-state index in [0.29, 0.717) is 38.3 Å². The molecule has 0 aliphatic rings. The molecule has 10 heteroatoms. The van der Waals surface area contributed by atoms with Crippen LogP contribution >= 0.6 is 23.2 Å². The van der Waals surface area contributed by atoms with Crippen molar-refractivity contribution in [3.63, 3.8) is 0 Å². The highest BCUT2D eigenvalue weighted by Crippen LogP contribution is 2.25. The summed E-state index contributed by atoms with van der Waals surface area (Å²) in [6.07, 6.45) is 1.39. The van der Waals surface area contributed by atoms with Crippen LogP contribution in [0.5, 0.6) is 5.75 Å². The van der Waals surface area contributed by atoms with Gasteiger partial charge in [0.2, 0.25) is 5.91 Å². The van der Waals surface area contributed by atoms with Gasteiger partial charge in [0.1, 0.15) is 12.4 Å². The topological polar surface area (TPSA) is 109 Å². The first kappa shape index (κ1) is 24.8. The van der Waals surface area contributed by atoms with Crippen LogP contribution in [0.3, 0.4) is 0 Å². The van der Waals surface area contributed by atoms with Gasteiger partial charge in [-0.1, -0.05) is 29.3 Å². The molecule has 3 N–H and O–H groups in total. The Balaban J connectivity index is 1.47. The van der Waals surface area contributed by atoms with Gasteiger partial charge in [0, 0.05) is 33.9 Å². The Kier molecular flexibility index (Phi) is 8.61. The Morgan fingerprint density at radius 1 is 0.853 bits per heavy atom. The lowest BCUT2D eigenvalue weighted by molar-refractivity contribution is -0.136. The quantitative estimate of drug-likeness (QED) is 0.250. The standard InChI is InChI=1S/C24H20Cl2N4O4/c1-15(31)28-17-7-9-18(10-8-17)29-23(32)24(33)30-27-13-16-5-11-19(12-6-16)34-14-20-21(25)3-2-4-22(20)26/h2-13H,14H2,1H3,(H,28,31)(H,29,32)(H,30,33). The minimum Gasteiger partial charge on any atom is -0.489 e. The van der Waals surface area contributed by atoms with Crippen LogP contribution in [0.2, 0.25) is 10.0 Å². The maximum Gasteiger partial charge on any atom is 0.329 e. The smallest absolute Gasteiger partial charge is 0.329 e. The summed E-state index contributed by atoms with van der Waals surface area (Å²) in [5.74, 6) is -1.43. The van der Waals surface area contributed by atoms with Crippen molar-refractivity contribution in [3.8, 4) is 5.75 Å². The van der Waals surface area contributed by atoms with Crippen LogP contribution < -0.4 is 20.8 Å². The fourth-order valence-electron chi connectivity index (χ4n) is 2.72. The van der Waals surface area contributed by atoms with Gasteiger partial charge in [0.15, 0.2) is 0 Å². The third kappa shape index (κ3) is 7.33. The number of rotatable bonds is 7. The van der Waals surface area contributed by atoms with E-state index in [1.807, 2.05) is 0 Å². The molecule has 0 bridgehead atoms. The second-order valence-electron chi connectivity index (χ2n) is 6.97. The minimum atomic E-state index is -0.932. The maximum atomic E-state index is 12.0. The molecule has 0 saturated heterocycles. The summed E-state index contributed by atoms with van der Waals surface area (Å²) >= 11 is 12.3. The number of nitrogens with one attached hydrogen (secondary N) is 3. The third-order valence-electron chi connectivity index (χ3n) is 4.37. The molecule has 3 rings (SSSR count). The number of amides is 3. The molecule has 3 aromatic carbocycles. The highest BCUT2D eigenvalue weighted by molar-refractivity contribution is 6.39. The molecular weight excluding hydrogens is 479 g/mol. The first-order valence-corrected chi connectivity index (χ1v) is 10.7. The molecule has 3 amide bonds. The van der Waals surface area contributed by atoms with Crippen LogP contribution in [0, 0.1) is 0 Å². The molecule has 8 nitrogen and oxygen atoms in total. The summed E-state index contributed by atoms with van der Waals surface area (Å²) in [5, 5.41) is 9.89. The molecule has 0 aliphatic carbocycles. The monoisotopic (exact) mass is 498 g/mol. The van der Waals surface area contributed by atoms with Crippen LogP contribution in [-0.4, -0.2) is 23.9 Å². The van der Waals surface area contributed by atoms with Gasteiger partial charge in [0.05, 0.1) is 6.21 Å². The number of anilines is 2. The SMILES string of the molecule is CC(=O)Nc1ccc(NC(=O)C(=O)NN=Cc2ccc(OCc3c(Cl)cccc3Cl)cc2)cc1. The number of halogens is 2. The van der Waals surface area contributed by atoms with E-state index in [1.165, 1.54) is 13.1 Å². The van der Waals surface area contributed by atoms with Crippen LogP contribution in [-0.2, 0) is 21.0 Å². The highest BCUT2D eigenvalue weighted by atomic mass is 35.5. The van der Waals surface area contributed by atoms with Gasteiger partial charge in [0.25, 0.3) is 0 Å². The molecule has 0 heterocycles. The lowest BCUT2D eigenvalue weighted by Crippen LogP contribution is -2.32. The van der Waals surface area contributed by atoms with Gasteiger partial charge < -0.3 is 15.4 Å². The fraction of sp³-hybridized carbons (Fsp3) is 0.0833. The zero-order valence-electron chi connectivity index (χ0n) is 18.0. The van der Waals surface area contributed by atoms with Crippen molar-refractivity contribution in [1.29, 1.82) is 0 Å². The molecule has 0 aromatic heterocycles. The number of carbonyl (C=O) groups excluding carboxylic acids is 3. The van der Waals surface area contributed by atoms with Crippen molar-refractivity contribution in [3.05, 3.63) is 87.9 Å². The summed E-state index contributed by atoms with van der Waals surface area (Å²) in [4.78, 5) is 35.0. The van der Waals surface area contributed by atoms with Crippen LogP contribution in [0.1, 0.15) is 18.1 Å². The van der Waals surface area contributed by atoms with Crippen LogP contribution in [0.15, 0.2) is 71.8 Å². The average Bonchev–Trinajstić information content (AvgIpc) is 2.80. The van der Waals surface area contributed by atoms with E-state index in [4.69, 9.17) is 27.9 Å². The Labute approximate surface area is 205 Å². The van der Waals surface area contributed by atoms with E-state index < -0.39 is 11.8 Å². The van der Waals surface area contributed by atoms with Crippen LogP contribution in [0.25, 0.3) is 0 Å². The van der Waals surface area contributed by atoms with E-state index >= 15 is 0 Å². The van der Waals surface area contributed by atoms with E-state index in [9.17, 15) is 14.4 Å². The summed E-state index contributed by atoms with van der Waals surface area (Å²) in [6.45, 7) is 1.61. The van der Waals surface area contributed by atoms with Gasteiger partial charge in [-0.2, -0.15) is 5.10 Å². The summed E-state index contributed by atoms with van der Waals surface area (Å²) in [7, 11) is 0. The predicted octanol–water partition coefficient (Wildman–Crippen LogP) is 4.62. The molecule has 3 aromatic rings. The van der Waals surface area contributed by atoms with E-state index in [-0.39, 0.29) is 12.5 Å². The molecule has 0 aliphatic heterocycles. The number of hydrogen-bond acceptors (Lipinski definition) is 5. The zero-order valence-corrected chi connectivity index (χ0v) is 19.5. The molecule has 0 unspecified atom stereocenters. The normalized spacial score (nSPS) is 10.6. The minimum absolute atomic E-state index is 0.210. The van der Waals surface area contributed by atoms with Gasteiger partial charge in [-0.3, -0.25) is 14.4 Å². The molecule has 0 atom stereocenters. The number of hydrogen-bond donors (Lipinski definition) is 3. The van der Waals surface area contributed by atoms with Crippen molar-refractivity contribution in [2.24, 2.45) is 5.10 Å². The number of hydrazone groups is 1. The fourth-order valence-corrected chi connectivity index (χ4v) is 3.23. The highest BCUT2D eigenvalue weighted by Gasteiger charge is 2.13. The maximum absolute atomic E-state index is 12.0. The van der Waals surface area contributed by atoms with Crippen molar-refractivity contribution in [2.75, 3.05) is 10.6 Å². The van der Waals surface area contributed by atoms with Gasteiger partial charge >= 0.3 is 11.8 Å². The van der Waals surface area contributed by atoms with Crippen molar-refractivity contribution in [2.45, 2.75) is 13.5 Å². The second-order valence-corrected chi connectivity index (χ2v) is 7.78. The Hall–Kier alpha value is -3.88. The second kappa shape index (κ2) is 11.8. The molecule has 0 saturated carbocycles. The summed E-state index contributed by atoms with van der Waals surface area (Å²) < 4.78 is 5.71. The average molecular weight is 499 g/mol. The van der Waals surface area contributed by atoms with Crippen molar-refractivity contribution < 1.29 is 19.1 Å². The van der Waals surface area contributed by atoms with Crippen molar-refractivity contribution in [1.82, 2.24) is 5.43 Å². The lowest BCUT2D eigenvalue weighted by atomic mass is 10.2. The predicted molar refractivity (Wildman–Crippen MR) is 132 cm³/mol. The Morgan fingerprint density at radius 2 is 1.44 bits per heavy atom. The molecule has 174 valence electrons. The summed E-state index contributed by atoms with van der Waals surface area (Å²) in [5.41, 5.74) is 4.50. The zero-order chi connectivity index (χ0) is 24.5. The number of ether oxygens (including phenoxy) is 1. The lowest BCUT2D eigenvalue weighted by Gasteiger charge is -2.09. The van der Waals surface area contributed by atoms with Gasteiger partial charge in [-0.05, 0) is 66.2 Å². The Bertz CT molecular complexity index is 1190. The molecule has 0 radical (unpaired) electrons. The van der Waals surface area contributed by atoms with Crippen LogP contribution in [0.4, 0.5) is 11.4 Å². The molecule has 0 fully saturated rings. The van der Waals surface area contributed by atoms with Gasteiger partial charge in [-0.15, -0.1) is 0 Å². The number of nitrogens with zero attached hydrogens (tertiary/aromatic N) is 1. The molecular formula is C24H20Cl2N4O4. The first-order chi connectivity index (χ1) is 16.3. The number of benzene rings is 3. The largest absolute Gasteiger partial charge is 0.489 e. The third-order valence-corrected chi connectivity index (χ3v) is 5.08. The molecule has 0 spiro atoms. The molecule has 34 heavy (non-hydrogen) atoms. The number of carbonyl (C=O) groups is 3. The van der Waals surface area contributed by atoms with E-state index in [1.54, 1.807) is 66.7 Å². The van der Waals surface area contributed by atoms with E-state index in [0.717, 1.165) is 0 Å². The first-order valence-electron chi connectivity index (χ1n) is 9.99. The van der Waals surface area contributed by atoms with Gasteiger partial charge in [-0.25, -0.2) is 5.43 Å². The van der Waals surface area contributed by atoms with E-state index in [2.05, 4.69) is 21.2 Å². The van der Waals surface area contributed by atoms with Crippen molar-refractivity contribution >= 4 is 58.5 Å².